The van der Waals surface area contributed by atoms with Gasteiger partial charge >= 0.3 is 0 Å². The lowest BCUT2D eigenvalue weighted by Crippen LogP contribution is -2.33. The normalized spacial score (nSPS) is 19.2. The predicted molar refractivity (Wildman–Crippen MR) is 112 cm³/mol. The van der Waals surface area contributed by atoms with Crippen LogP contribution in [0, 0.1) is 0 Å². The molecule has 1 atom stereocenters. The Kier molecular flexibility index (Phi) is 5.07. The van der Waals surface area contributed by atoms with E-state index in [1.807, 2.05) is 42.5 Å². The quantitative estimate of drug-likeness (QED) is 0.613. The predicted octanol–water partition coefficient (Wildman–Crippen LogP) is 4.37. The number of hydrogen-bond acceptors (Lipinski definition) is 4. The molecule has 1 fully saturated rings. The van der Waals surface area contributed by atoms with Crippen molar-refractivity contribution in [3.8, 4) is 11.5 Å². The van der Waals surface area contributed by atoms with Gasteiger partial charge in [-0.25, -0.2) is 0 Å². The Morgan fingerprint density at radius 1 is 1.19 bits per heavy atom. The van der Waals surface area contributed by atoms with E-state index < -0.39 is 0 Å². The van der Waals surface area contributed by atoms with Crippen LogP contribution in [0.1, 0.15) is 24.8 Å². The minimum absolute atomic E-state index is 0.0601. The molecule has 1 heterocycles. The molecule has 2 N–H and O–H groups in total. The van der Waals surface area contributed by atoms with Crippen LogP contribution in [0.3, 0.4) is 0 Å². The number of methoxy groups -OCH3 is 1. The zero-order valence-corrected chi connectivity index (χ0v) is 15.9. The lowest BCUT2D eigenvalue weighted by Gasteiger charge is -2.31. The highest BCUT2D eigenvalue weighted by Gasteiger charge is 2.29. The number of anilines is 1. The SMILES string of the molecule is COc1ccccc1NC(=S)N/N=C1/CCCC2Oc3ccccc3C=C12. The lowest BCUT2D eigenvalue weighted by atomic mass is 9.87. The summed E-state index contributed by atoms with van der Waals surface area (Å²) < 4.78 is 11.5. The molecule has 2 aromatic rings. The van der Waals surface area contributed by atoms with Crippen molar-refractivity contribution in [1.82, 2.24) is 5.43 Å². The molecule has 0 amide bonds. The van der Waals surface area contributed by atoms with Gasteiger partial charge in [0.1, 0.15) is 17.6 Å². The number of ether oxygens (including phenoxy) is 2. The number of nitrogens with zero attached hydrogens (tertiary/aromatic N) is 1. The summed E-state index contributed by atoms with van der Waals surface area (Å²) in [6.07, 6.45) is 5.18. The van der Waals surface area contributed by atoms with Crippen molar-refractivity contribution in [1.29, 1.82) is 0 Å². The van der Waals surface area contributed by atoms with E-state index in [9.17, 15) is 0 Å². The molecular formula is C21H21N3O2S. The second-order valence-electron chi connectivity index (χ2n) is 6.46. The van der Waals surface area contributed by atoms with Gasteiger partial charge < -0.3 is 14.8 Å². The number of rotatable bonds is 3. The molecule has 1 unspecified atom stereocenters. The highest BCUT2D eigenvalue weighted by molar-refractivity contribution is 7.80. The van der Waals surface area contributed by atoms with Crippen LogP contribution in [0.5, 0.6) is 11.5 Å². The number of nitrogens with one attached hydrogen (secondary N) is 2. The first-order valence-corrected chi connectivity index (χ1v) is 9.39. The average Bonchev–Trinajstić information content (AvgIpc) is 2.71. The van der Waals surface area contributed by atoms with E-state index in [4.69, 9.17) is 21.7 Å². The molecular weight excluding hydrogens is 358 g/mol. The minimum Gasteiger partial charge on any atom is -0.495 e. The Labute approximate surface area is 164 Å². The Hall–Kier alpha value is -2.86. The lowest BCUT2D eigenvalue weighted by molar-refractivity contribution is 0.220. The van der Waals surface area contributed by atoms with Crippen molar-refractivity contribution in [2.75, 3.05) is 12.4 Å². The van der Waals surface area contributed by atoms with Crippen molar-refractivity contribution >= 4 is 34.8 Å². The molecule has 0 saturated heterocycles. The molecule has 2 aliphatic rings. The van der Waals surface area contributed by atoms with Gasteiger partial charge in [0, 0.05) is 11.1 Å². The summed E-state index contributed by atoms with van der Waals surface area (Å²) >= 11 is 5.39. The minimum atomic E-state index is 0.0601. The van der Waals surface area contributed by atoms with Crippen molar-refractivity contribution in [2.24, 2.45) is 5.10 Å². The Bertz CT molecular complexity index is 923. The molecule has 1 aliphatic heterocycles. The summed E-state index contributed by atoms with van der Waals surface area (Å²) in [5, 5.41) is 8.12. The summed E-state index contributed by atoms with van der Waals surface area (Å²) in [7, 11) is 1.63. The highest BCUT2D eigenvalue weighted by Crippen LogP contribution is 2.35. The van der Waals surface area contributed by atoms with Crippen molar-refractivity contribution in [3.63, 3.8) is 0 Å². The van der Waals surface area contributed by atoms with E-state index in [1.54, 1.807) is 7.11 Å². The summed E-state index contributed by atoms with van der Waals surface area (Å²) in [6.45, 7) is 0. The van der Waals surface area contributed by atoms with Gasteiger partial charge in [-0.05, 0) is 55.8 Å². The van der Waals surface area contributed by atoms with Crippen LogP contribution < -0.4 is 20.2 Å². The fraction of sp³-hybridized carbons (Fsp3) is 0.238. The molecule has 5 nitrogen and oxygen atoms in total. The Morgan fingerprint density at radius 3 is 2.89 bits per heavy atom. The summed E-state index contributed by atoms with van der Waals surface area (Å²) in [4.78, 5) is 0. The van der Waals surface area contributed by atoms with Gasteiger partial charge in [-0.15, -0.1) is 0 Å². The maximum atomic E-state index is 6.16. The average molecular weight is 379 g/mol. The van der Waals surface area contributed by atoms with E-state index in [0.717, 1.165) is 53.3 Å². The van der Waals surface area contributed by atoms with Crippen LogP contribution in [0.15, 0.2) is 59.2 Å². The van der Waals surface area contributed by atoms with Crippen LogP contribution in [0.4, 0.5) is 5.69 Å². The van der Waals surface area contributed by atoms with Gasteiger partial charge in [0.2, 0.25) is 0 Å². The monoisotopic (exact) mass is 379 g/mol. The third-order valence-electron chi connectivity index (χ3n) is 4.71. The maximum Gasteiger partial charge on any atom is 0.191 e. The van der Waals surface area contributed by atoms with Crippen LogP contribution in [-0.4, -0.2) is 24.0 Å². The van der Waals surface area contributed by atoms with E-state index in [1.165, 1.54) is 0 Å². The number of hydrazone groups is 1. The fourth-order valence-corrected chi connectivity index (χ4v) is 3.56. The number of thiocarbonyl (C=S) groups is 1. The van der Waals surface area contributed by atoms with Gasteiger partial charge in [0.05, 0.1) is 18.5 Å². The first-order valence-electron chi connectivity index (χ1n) is 8.99. The number of benzene rings is 2. The van der Waals surface area contributed by atoms with Gasteiger partial charge in [0.25, 0.3) is 0 Å². The van der Waals surface area contributed by atoms with Gasteiger partial charge in [-0.2, -0.15) is 5.10 Å². The second kappa shape index (κ2) is 7.80. The molecule has 1 saturated carbocycles. The zero-order valence-electron chi connectivity index (χ0n) is 15.1. The molecule has 6 heteroatoms. The van der Waals surface area contributed by atoms with Crippen LogP contribution in [0.25, 0.3) is 6.08 Å². The Balaban J connectivity index is 1.50. The third-order valence-corrected chi connectivity index (χ3v) is 4.90. The highest BCUT2D eigenvalue weighted by atomic mass is 32.1. The van der Waals surface area contributed by atoms with E-state index in [-0.39, 0.29) is 6.10 Å². The summed E-state index contributed by atoms with van der Waals surface area (Å²) in [5.41, 5.74) is 6.98. The van der Waals surface area contributed by atoms with Crippen LogP contribution in [-0.2, 0) is 0 Å². The van der Waals surface area contributed by atoms with E-state index in [0.29, 0.717) is 5.11 Å². The third kappa shape index (κ3) is 3.80. The molecule has 2 aromatic carbocycles. The van der Waals surface area contributed by atoms with Crippen molar-refractivity contribution in [3.05, 3.63) is 59.7 Å². The summed E-state index contributed by atoms with van der Waals surface area (Å²) in [5.74, 6) is 1.67. The number of para-hydroxylation sites is 3. The molecule has 27 heavy (non-hydrogen) atoms. The number of fused-ring (bicyclic) bond motifs is 2. The zero-order chi connectivity index (χ0) is 18.6. The summed E-state index contributed by atoms with van der Waals surface area (Å²) in [6, 6.07) is 15.7. The van der Waals surface area contributed by atoms with Crippen molar-refractivity contribution < 1.29 is 9.47 Å². The standard InChI is InChI=1S/C21H21N3O2S/c1-25-20-11-5-3-8-17(20)22-21(27)24-23-16-9-6-12-19-15(16)13-14-7-2-4-10-18(14)26-19/h2-5,7-8,10-11,13,19H,6,9,12H2,1H3,(H2,22,24,27)/b23-16-. The molecule has 138 valence electrons. The van der Waals surface area contributed by atoms with Crippen LogP contribution in [0.2, 0.25) is 0 Å². The van der Waals surface area contributed by atoms with E-state index >= 15 is 0 Å². The molecule has 0 spiro atoms. The smallest absolute Gasteiger partial charge is 0.191 e. The topological polar surface area (TPSA) is 54.9 Å². The molecule has 0 radical (unpaired) electrons. The van der Waals surface area contributed by atoms with Gasteiger partial charge in [0.15, 0.2) is 5.11 Å². The van der Waals surface area contributed by atoms with Crippen molar-refractivity contribution in [2.45, 2.75) is 25.4 Å². The Morgan fingerprint density at radius 2 is 2.00 bits per heavy atom. The fourth-order valence-electron chi connectivity index (χ4n) is 3.40. The molecule has 4 rings (SSSR count). The maximum absolute atomic E-state index is 6.16. The number of hydrogen-bond donors (Lipinski definition) is 2. The molecule has 0 aromatic heterocycles. The first kappa shape index (κ1) is 17.5. The van der Waals surface area contributed by atoms with Crippen LogP contribution >= 0.6 is 12.2 Å². The second-order valence-corrected chi connectivity index (χ2v) is 6.87. The largest absolute Gasteiger partial charge is 0.495 e. The first-order chi connectivity index (χ1) is 13.2. The van der Waals surface area contributed by atoms with Gasteiger partial charge in [-0.1, -0.05) is 30.3 Å². The van der Waals surface area contributed by atoms with Gasteiger partial charge in [-0.3, -0.25) is 5.43 Å². The molecule has 1 aliphatic carbocycles. The van der Waals surface area contributed by atoms with E-state index in [2.05, 4.69) is 28.0 Å². The molecule has 0 bridgehead atoms.